The van der Waals surface area contributed by atoms with Crippen molar-refractivity contribution in [3.05, 3.63) is 46.2 Å². The van der Waals surface area contributed by atoms with Crippen molar-refractivity contribution in [2.24, 2.45) is 0 Å². The molecule has 3 heteroatoms. The van der Waals surface area contributed by atoms with Crippen molar-refractivity contribution in [3.8, 4) is 11.3 Å². The van der Waals surface area contributed by atoms with Gasteiger partial charge in [0.25, 0.3) is 5.56 Å². The second kappa shape index (κ2) is 5.71. The number of aryl methyl sites for hydroxylation is 1. The van der Waals surface area contributed by atoms with Crippen molar-refractivity contribution in [3.63, 3.8) is 0 Å². The molecule has 3 nitrogen and oxygen atoms in total. The Morgan fingerprint density at radius 2 is 1.83 bits per heavy atom. The first-order valence-electron chi connectivity index (χ1n) is 6.65. The highest BCUT2D eigenvalue weighted by Gasteiger charge is 2.14. The summed E-state index contributed by atoms with van der Waals surface area (Å²) >= 11 is 0. The second-order valence-electron chi connectivity index (χ2n) is 4.54. The lowest BCUT2D eigenvalue weighted by Crippen LogP contribution is -2.18. The molecule has 18 heavy (non-hydrogen) atoms. The van der Waals surface area contributed by atoms with Crippen molar-refractivity contribution in [1.82, 2.24) is 9.78 Å². The van der Waals surface area contributed by atoms with Crippen LogP contribution in [0.3, 0.4) is 0 Å². The van der Waals surface area contributed by atoms with Crippen LogP contribution in [-0.2, 0) is 13.0 Å². The summed E-state index contributed by atoms with van der Waals surface area (Å²) in [6.07, 6.45) is 2.77. The molecule has 96 valence electrons. The highest BCUT2D eigenvalue weighted by atomic mass is 16.1. The van der Waals surface area contributed by atoms with Crippen LogP contribution in [0.2, 0.25) is 0 Å². The van der Waals surface area contributed by atoms with Crippen LogP contribution >= 0.6 is 0 Å². The van der Waals surface area contributed by atoms with Gasteiger partial charge in [0.05, 0.1) is 5.69 Å². The maximum atomic E-state index is 12.3. The van der Waals surface area contributed by atoms with E-state index in [0.29, 0.717) is 0 Å². The zero-order valence-electron chi connectivity index (χ0n) is 11.1. The largest absolute Gasteiger partial charge is 0.295 e. The van der Waals surface area contributed by atoms with Gasteiger partial charge in [-0.3, -0.25) is 14.6 Å². The highest BCUT2D eigenvalue weighted by Crippen LogP contribution is 2.20. The minimum atomic E-state index is 0.137. The Labute approximate surface area is 107 Å². The molecule has 2 aromatic rings. The number of benzene rings is 1. The number of hydrogen-bond donors (Lipinski definition) is 1. The number of H-pyrrole nitrogens is 1. The fraction of sp³-hybridized carbons (Fsp3) is 0.400. The van der Waals surface area contributed by atoms with Gasteiger partial charge < -0.3 is 0 Å². The SMILES string of the molecule is CCCc1c(-c2ccccc2)[nH]n(CCC)c1=O. The van der Waals surface area contributed by atoms with Crippen LogP contribution in [0.1, 0.15) is 32.3 Å². The topological polar surface area (TPSA) is 37.8 Å². The summed E-state index contributed by atoms with van der Waals surface area (Å²) in [6.45, 7) is 4.93. The van der Waals surface area contributed by atoms with Crippen molar-refractivity contribution >= 4 is 0 Å². The molecule has 2 rings (SSSR count). The van der Waals surface area contributed by atoms with E-state index in [1.165, 1.54) is 0 Å². The maximum Gasteiger partial charge on any atom is 0.270 e. The van der Waals surface area contributed by atoms with Crippen molar-refractivity contribution < 1.29 is 0 Å². The van der Waals surface area contributed by atoms with Gasteiger partial charge in [0.2, 0.25) is 0 Å². The van der Waals surface area contributed by atoms with E-state index in [4.69, 9.17) is 0 Å². The van der Waals surface area contributed by atoms with Gasteiger partial charge in [0.15, 0.2) is 0 Å². The Morgan fingerprint density at radius 3 is 2.44 bits per heavy atom. The molecular weight excluding hydrogens is 224 g/mol. The Hall–Kier alpha value is -1.77. The average Bonchev–Trinajstić information content (AvgIpc) is 2.70. The fourth-order valence-electron chi connectivity index (χ4n) is 2.23. The number of aromatic nitrogens is 2. The van der Waals surface area contributed by atoms with Gasteiger partial charge >= 0.3 is 0 Å². The summed E-state index contributed by atoms with van der Waals surface area (Å²) in [5, 5.41) is 3.26. The Bertz CT molecular complexity index is 552. The molecule has 0 fully saturated rings. The monoisotopic (exact) mass is 244 g/mol. The maximum absolute atomic E-state index is 12.3. The summed E-state index contributed by atoms with van der Waals surface area (Å²) < 4.78 is 1.73. The molecule has 0 amide bonds. The van der Waals surface area contributed by atoms with E-state index >= 15 is 0 Å². The fourth-order valence-corrected chi connectivity index (χ4v) is 2.23. The first-order valence-corrected chi connectivity index (χ1v) is 6.65. The molecular formula is C15H20N2O. The third-order valence-electron chi connectivity index (χ3n) is 3.06. The van der Waals surface area contributed by atoms with E-state index in [0.717, 1.165) is 42.6 Å². The van der Waals surface area contributed by atoms with E-state index in [1.54, 1.807) is 4.68 Å². The van der Waals surface area contributed by atoms with Gasteiger partial charge in [0, 0.05) is 12.1 Å². The molecule has 0 aliphatic rings. The van der Waals surface area contributed by atoms with Gasteiger partial charge in [0.1, 0.15) is 0 Å². The van der Waals surface area contributed by atoms with Gasteiger partial charge in [-0.1, -0.05) is 50.6 Å². The molecule has 1 N–H and O–H groups in total. The van der Waals surface area contributed by atoms with Crippen molar-refractivity contribution in [2.45, 2.75) is 39.7 Å². The van der Waals surface area contributed by atoms with Gasteiger partial charge in [-0.25, -0.2) is 0 Å². The summed E-state index contributed by atoms with van der Waals surface area (Å²) in [5.41, 5.74) is 3.12. The summed E-state index contributed by atoms with van der Waals surface area (Å²) in [7, 11) is 0. The zero-order valence-corrected chi connectivity index (χ0v) is 11.1. The number of nitrogens with one attached hydrogen (secondary N) is 1. The molecule has 0 bridgehead atoms. The van der Waals surface area contributed by atoms with Gasteiger partial charge in [-0.15, -0.1) is 0 Å². The first-order chi connectivity index (χ1) is 8.77. The molecule has 0 spiro atoms. The average molecular weight is 244 g/mol. The first kappa shape index (κ1) is 12.7. The predicted octanol–water partition coefficient (Wildman–Crippen LogP) is 3.21. The van der Waals surface area contributed by atoms with Crippen LogP contribution in [0.5, 0.6) is 0 Å². The van der Waals surface area contributed by atoms with E-state index < -0.39 is 0 Å². The molecule has 1 heterocycles. The molecule has 0 radical (unpaired) electrons. The molecule has 0 aliphatic carbocycles. The summed E-state index contributed by atoms with van der Waals surface area (Å²) in [5.74, 6) is 0. The zero-order chi connectivity index (χ0) is 13.0. The molecule has 0 unspecified atom stereocenters. The summed E-state index contributed by atoms with van der Waals surface area (Å²) in [6, 6.07) is 10.1. The minimum absolute atomic E-state index is 0.137. The Balaban J connectivity index is 2.52. The molecule has 0 saturated heterocycles. The number of aromatic amines is 1. The second-order valence-corrected chi connectivity index (χ2v) is 4.54. The van der Waals surface area contributed by atoms with E-state index in [2.05, 4.69) is 18.9 Å². The van der Waals surface area contributed by atoms with Crippen LogP contribution in [-0.4, -0.2) is 9.78 Å². The lowest BCUT2D eigenvalue weighted by molar-refractivity contribution is 0.585. The highest BCUT2D eigenvalue weighted by molar-refractivity contribution is 5.62. The Morgan fingerprint density at radius 1 is 1.11 bits per heavy atom. The molecule has 0 atom stereocenters. The number of rotatable bonds is 5. The summed E-state index contributed by atoms with van der Waals surface area (Å²) in [4.78, 5) is 12.3. The van der Waals surface area contributed by atoms with Crippen LogP contribution in [0.4, 0.5) is 0 Å². The minimum Gasteiger partial charge on any atom is -0.295 e. The van der Waals surface area contributed by atoms with Crippen LogP contribution in [0.25, 0.3) is 11.3 Å². The third kappa shape index (κ3) is 2.40. The smallest absolute Gasteiger partial charge is 0.270 e. The van der Waals surface area contributed by atoms with E-state index in [9.17, 15) is 4.79 Å². The third-order valence-corrected chi connectivity index (χ3v) is 3.06. The van der Waals surface area contributed by atoms with Crippen LogP contribution < -0.4 is 5.56 Å². The number of hydrogen-bond acceptors (Lipinski definition) is 1. The van der Waals surface area contributed by atoms with E-state index in [-0.39, 0.29) is 5.56 Å². The van der Waals surface area contributed by atoms with Crippen LogP contribution in [0.15, 0.2) is 35.1 Å². The Kier molecular flexibility index (Phi) is 4.03. The van der Waals surface area contributed by atoms with Gasteiger partial charge in [-0.2, -0.15) is 0 Å². The predicted molar refractivity (Wildman–Crippen MR) is 74.8 cm³/mol. The lowest BCUT2D eigenvalue weighted by Gasteiger charge is -2.01. The quantitative estimate of drug-likeness (QED) is 0.861. The lowest BCUT2D eigenvalue weighted by atomic mass is 10.1. The normalized spacial score (nSPS) is 10.8. The van der Waals surface area contributed by atoms with Crippen molar-refractivity contribution in [1.29, 1.82) is 0 Å². The molecule has 0 aliphatic heterocycles. The van der Waals surface area contributed by atoms with E-state index in [1.807, 2.05) is 30.3 Å². The van der Waals surface area contributed by atoms with Crippen LogP contribution in [0, 0.1) is 0 Å². The molecule has 1 aromatic carbocycles. The number of nitrogens with zero attached hydrogens (tertiary/aromatic N) is 1. The molecule has 1 aromatic heterocycles. The van der Waals surface area contributed by atoms with Crippen molar-refractivity contribution in [2.75, 3.05) is 0 Å². The standard InChI is InChI=1S/C15H20N2O/c1-3-8-13-14(12-9-6-5-7-10-12)16-17(11-4-2)15(13)18/h5-7,9-10,16H,3-4,8,11H2,1-2H3. The van der Waals surface area contributed by atoms with Gasteiger partial charge in [-0.05, 0) is 18.4 Å². The molecule has 0 saturated carbocycles.